The monoisotopic (exact) mass is 270 g/mol. The molecular weight excluding hydrogens is 255 g/mol. The van der Waals surface area contributed by atoms with E-state index < -0.39 is 0 Å². The van der Waals surface area contributed by atoms with Crippen LogP contribution >= 0.6 is 0 Å². The van der Waals surface area contributed by atoms with Gasteiger partial charge in [0.15, 0.2) is 0 Å². The molecule has 0 fully saturated rings. The van der Waals surface area contributed by atoms with Crippen molar-refractivity contribution in [2.45, 2.75) is 6.92 Å². The Labute approximate surface area is 126 Å². The van der Waals surface area contributed by atoms with Gasteiger partial charge >= 0.3 is 0 Å². The average Bonchev–Trinajstić information content (AvgIpc) is 2.57. The number of fused-ring (bicyclic) bond motifs is 1. The molecule has 2 aromatic carbocycles. The van der Waals surface area contributed by atoms with Gasteiger partial charge in [0.1, 0.15) is 19.2 Å². The Kier molecular flexibility index (Phi) is 3.78. The van der Waals surface area contributed by atoms with Crippen molar-refractivity contribution in [2.75, 3.05) is 0 Å². The lowest BCUT2D eigenvalue weighted by molar-refractivity contribution is 0.569. The van der Waals surface area contributed by atoms with Crippen LogP contribution in [0, 0.1) is 6.92 Å². The molecule has 0 aliphatic rings. The van der Waals surface area contributed by atoms with Crippen molar-refractivity contribution in [1.82, 2.24) is 0 Å². The third-order valence-electron chi connectivity index (χ3n) is 3.40. The molecule has 2 radical (unpaired) electrons. The van der Waals surface area contributed by atoms with E-state index in [1.54, 1.807) is 0 Å². The fourth-order valence-corrected chi connectivity index (χ4v) is 2.40. The second kappa shape index (κ2) is 5.88. The van der Waals surface area contributed by atoms with Crippen molar-refractivity contribution < 1.29 is 4.42 Å². The zero-order chi connectivity index (χ0) is 14.7. The standard InChI is InChI=1S/C19H15BO/c1-14-8-3-2-4-10-17-15(11-7-13-19(17)21-14)16-9-5-6-12-18(16)20/h2-13H,1H3. The number of hydrogen-bond acceptors (Lipinski definition) is 1. The van der Waals surface area contributed by atoms with E-state index in [2.05, 4.69) is 12.1 Å². The fraction of sp³-hybridized carbons (Fsp3) is 0.0526. The first-order valence-corrected chi connectivity index (χ1v) is 6.93. The van der Waals surface area contributed by atoms with Crippen molar-refractivity contribution in [3.8, 4) is 11.1 Å². The van der Waals surface area contributed by atoms with Gasteiger partial charge in [-0.2, -0.15) is 0 Å². The maximum absolute atomic E-state index is 6.12. The van der Waals surface area contributed by atoms with E-state index in [4.69, 9.17) is 12.3 Å². The topological polar surface area (TPSA) is 13.1 Å². The molecule has 0 atom stereocenters. The molecule has 0 saturated carbocycles. The van der Waals surface area contributed by atoms with Crippen molar-refractivity contribution in [3.63, 3.8) is 0 Å². The average molecular weight is 270 g/mol. The lowest BCUT2D eigenvalue weighted by atomic mass is 9.86. The van der Waals surface area contributed by atoms with Crippen LogP contribution in [0.5, 0.6) is 0 Å². The van der Waals surface area contributed by atoms with Gasteiger partial charge < -0.3 is 4.42 Å². The zero-order valence-corrected chi connectivity index (χ0v) is 11.9. The molecule has 100 valence electrons. The highest BCUT2D eigenvalue weighted by atomic mass is 16.3. The molecule has 0 spiro atoms. The van der Waals surface area contributed by atoms with Crippen molar-refractivity contribution in [3.05, 3.63) is 78.6 Å². The Balaban J connectivity index is 2.41. The van der Waals surface area contributed by atoms with E-state index in [1.165, 1.54) is 0 Å². The molecule has 0 saturated heterocycles. The Morgan fingerprint density at radius 1 is 0.714 bits per heavy atom. The molecule has 0 bridgehead atoms. The second-order valence-electron chi connectivity index (χ2n) is 4.93. The lowest BCUT2D eigenvalue weighted by Gasteiger charge is -2.08. The van der Waals surface area contributed by atoms with E-state index in [0.717, 1.165) is 33.3 Å². The number of hydrogen-bond donors (Lipinski definition) is 0. The smallest absolute Gasteiger partial charge is 0.134 e. The van der Waals surface area contributed by atoms with Crippen LogP contribution in [-0.2, 0) is 0 Å². The molecule has 21 heavy (non-hydrogen) atoms. The molecule has 1 aromatic heterocycles. The van der Waals surface area contributed by atoms with Crippen LogP contribution in [0.2, 0.25) is 0 Å². The van der Waals surface area contributed by atoms with Gasteiger partial charge in [0, 0.05) is 5.39 Å². The second-order valence-corrected chi connectivity index (χ2v) is 4.93. The minimum atomic E-state index is 0.766. The summed E-state index contributed by atoms with van der Waals surface area (Å²) < 4.78 is 5.94. The molecule has 0 amide bonds. The zero-order valence-electron chi connectivity index (χ0n) is 11.9. The van der Waals surface area contributed by atoms with Crippen LogP contribution in [-0.4, -0.2) is 7.85 Å². The summed E-state index contributed by atoms with van der Waals surface area (Å²) in [4.78, 5) is 0. The van der Waals surface area contributed by atoms with Crippen LogP contribution < -0.4 is 5.46 Å². The Hall–Kier alpha value is -2.48. The molecule has 2 heteroatoms. The molecule has 1 nitrogen and oxygen atoms in total. The molecule has 3 aromatic rings. The maximum atomic E-state index is 6.12. The molecule has 0 aliphatic heterocycles. The predicted octanol–water partition coefficient (Wildman–Crippen LogP) is 4.33. The van der Waals surface area contributed by atoms with Crippen LogP contribution in [0.4, 0.5) is 0 Å². The third kappa shape index (κ3) is 2.85. The summed E-state index contributed by atoms with van der Waals surface area (Å²) in [6.45, 7) is 1.95. The van der Waals surface area contributed by atoms with E-state index in [1.807, 2.05) is 67.6 Å². The van der Waals surface area contributed by atoms with Gasteiger partial charge in [-0.1, -0.05) is 66.1 Å². The Morgan fingerprint density at radius 2 is 1.43 bits per heavy atom. The fourth-order valence-electron chi connectivity index (χ4n) is 2.40. The first kappa shape index (κ1) is 13.5. The first-order chi connectivity index (χ1) is 10.3. The minimum absolute atomic E-state index is 0.766. The molecule has 0 N–H and O–H groups in total. The molecular formula is C19H15BO. The van der Waals surface area contributed by atoms with Crippen LogP contribution in [0.15, 0.2) is 77.2 Å². The van der Waals surface area contributed by atoms with E-state index in [9.17, 15) is 0 Å². The van der Waals surface area contributed by atoms with Crippen molar-refractivity contribution in [1.29, 1.82) is 0 Å². The summed E-state index contributed by atoms with van der Waals surface area (Å²) in [6.07, 6.45) is 0. The van der Waals surface area contributed by atoms with Gasteiger partial charge in [-0.05, 0) is 30.2 Å². The highest BCUT2D eigenvalue weighted by molar-refractivity contribution is 6.36. The summed E-state index contributed by atoms with van der Waals surface area (Å²) >= 11 is 0. The highest BCUT2D eigenvalue weighted by Gasteiger charge is 2.05. The summed E-state index contributed by atoms with van der Waals surface area (Å²) in [7, 11) is 6.12. The Morgan fingerprint density at radius 3 is 2.29 bits per heavy atom. The van der Waals surface area contributed by atoms with Gasteiger partial charge in [0.05, 0.1) is 0 Å². The minimum Gasteiger partial charge on any atom is -0.461 e. The SMILES string of the molecule is [B]c1ccccc1-c1cccc2oc(C)cccccc12. The molecule has 0 aliphatic carbocycles. The van der Waals surface area contributed by atoms with Crippen molar-refractivity contribution >= 4 is 24.3 Å². The summed E-state index contributed by atoms with van der Waals surface area (Å²) in [5, 5.41) is 1.04. The summed E-state index contributed by atoms with van der Waals surface area (Å²) in [5.74, 6) is 0.856. The summed E-state index contributed by atoms with van der Waals surface area (Å²) in [5.41, 5.74) is 3.70. The summed E-state index contributed by atoms with van der Waals surface area (Å²) in [6, 6.07) is 23.9. The third-order valence-corrected chi connectivity index (χ3v) is 3.40. The van der Waals surface area contributed by atoms with Gasteiger partial charge in [-0.15, -0.1) is 0 Å². The number of rotatable bonds is 1. The number of benzene rings is 2. The van der Waals surface area contributed by atoms with Gasteiger partial charge in [0.25, 0.3) is 0 Å². The van der Waals surface area contributed by atoms with E-state index in [0.29, 0.717) is 0 Å². The quantitative estimate of drug-likeness (QED) is 0.600. The van der Waals surface area contributed by atoms with E-state index in [-0.39, 0.29) is 0 Å². The molecule has 3 rings (SSSR count). The Bertz CT molecular complexity index is 832. The van der Waals surface area contributed by atoms with E-state index >= 15 is 0 Å². The predicted molar refractivity (Wildman–Crippen MR) is 89.4 cm³/mol. The van der Waals surface area contributed by atoms with Crippen molar-refractivity contribution in [2.24, 2.45) is 0 Å². The normalized spacial score (nSPS) is 10.3. The van der Waals surface area contributed by atoms with Crippen LogP contribution in [0.1, 0.15) is 5.76 Å². The van der Waals surface area contributed by atoms with Crippen LogP contribution in [0.3, 0.4) is 0 Å². The largest absolute Gasteiger partial charge is 0.461 e. The highest BCUT2D eigenvalue weighted by Crippen LogP contribution is 2.26. The maximum Gasteiger partial charge on any atom is 0.134 e. The molecule has 1 heterocycles. The van der Waals surface area contributed by atoms with Gasteiger partial charge in [-0.25, -0.2) is 0 Å². The first-order valence-electron chi connectivity index (χ1n) is 6.93. The lowest BCUT2D eigenvalue weighted by Crippen LogP contribution is -2.05. The number of aryl methyl sites for hydroxylation is 1. The van der Waals surface area contributed by atoms with Gasteiger partial charge in [0.2, 0.25) is 0 Å². The van der Waals surface area contributed by atoms with Gasteiger partial charge in [-0.3, -0.25) is 0 Å². The van der Waals surface area contributed by atoms with Crippen LogP contribution in [0.25, 0.3) is 22.1 Å². The molecule has 0 unspecified atom stereocenters.